The van der Waals surface area contributed by atoms with Gasteiger partial charge in [0.25, 0.3) is 0 Å². The van der Waals surface area contributed by atoms with Crippen LogP contribution in [0.3, 0.4) is 0 Å². The van der Waals surface area contributed by atoms with Crippen LogP contribution in [0.15, 0.2) is 12.1 Å². The number of imidazole rings is 1. The summed E-state index contributed by atoms with van der Waals surface area (Å²) in [7, 11) is 0. The van der Waals surface area contributed by atoms with Gasteiger partial charge in [-0.05, 0) is 17.7 Å². The van der Waals surface area contributed by atoms with Crippen LogP contribution < -0.4 is 11.5 Å². The van der Waals surface area contributed by atoms with Crippen LogP contribution in [0.5, 0.6) is 0 Å². The molecule has 0 aliphatic heterocycles. The number of hydrogen-bond donors (Lipinski definition) is 3. The smallest absolute Gasteiger partial charge is 0.198 e. The van der Waals surface area contributed by atoms with E-state index in [0.29, 0.717) is 17.5 Å². The number of nitrogen functional groups attached to an aromatic ring is 2. The van der Waals surface area contributed by atoms with Crippen molar-refractivity contribution in [2.75, 3.05) is 11.5 Å². The Labute approximate surface area is 79.9 Å². The monoisotopic (exact) mass is 196 g/mol. The number of nitrogens with zero attached hydrogens (tertiary/aromatic N) is 1. The van der Waals surface area contributed by atoms with E-state index in [9.17, 15) is 0 Å². The molecule has 0 radical (unpaired) electrons. The number of anilines is 2. The predicted molar refractivity (Wildman–Crippen MR) is 54.5 cm³/mol. The van der Waals surface area contributed by atoms with Crippen LogP contribution in [0, 0.1) is 0 Å². The molecule has 5 heteroatoms. The third-order valence-electron chi connectivity index (χ3n) is 1.85. The molecule has 0 bridgehead atoms. The van der Waals surface area contributed by atoms with Crippen LogP contribution in [0.1, 0.15) is 5.56 Å². The summed E-state index contributed by atoms with van der Waals surface area (Å²) < 4.78 is 0. The third kappa shape index (κ3) is 1.29. The highest BCUT2D eigenvalue weighted by Crippen LogP contribution is 2.22. The second-order valence-corrected chi connectivity index (χ2v) is 3.10. The van der Waals surface area contributed by atoms with Crippen molar-refractivity contribution in [3.05, 3.63) is 17.7 Å². The molecule has 5 N–H and O–H groups in total. The Morgan fingerprint density at radius 3 is 2.85 bits per heavy atom. The lowest BCUT2D eigenvalue weighted by molar-refractivity contribution is 1.34. The summed E-state index contributed by atoms with van der Waals surface area (Å²) in [4.78, 5) is 7.01. The van der Waals surface area contributed by atoms with E-state index >= 15 is 0 Å². The Morgan fingerprint density at radius 2 is 2.15 bits per heavy atom. The zero-order chi connectivity index (χ0) is 9.42. The number of benzene rings is 1. The Balaban J connectivity index is 2.80. The fourth-order valence-electron chi connectivity index (χ4n) is 1.33. The zero-order valence-corrected chi connectivity index (χ0v) is 7.60. The van der Waals surface area contributed by atoms with E-state index in [1.807, 2.05) is 0 Å². The maximum Gasteiger partial charge on any atom is 0.198 e. The van der Waals surface area contributed by atoms with Crippen molar-refractivity contribution in [2.24, 2.45) is 0 Å². The van der Waals surface area contributed by atoms with E-state index in [4.69, 9.17) is 23.1 Å². The highest BCUT2D eigenvalue weighted by atomic mass is 35.5. The van der Waals surface area contributed by atoms with Gasteiger partial charge in [-0.15, -0.1) is 11.6 Å². The second kappa shape index (κ2) is 2.81. The second-order valence-electron chi connectivity index (χ2n) is 2.83. The maximum atomic E-state index is 5.74. The van der Waals surface area contributed by atoms with Gasteiger partial charge in [-0.3, -0.25) is 0 Å². The molecular weight excluding hydrogens is 188 g/mol. The van der Waals surface area contributed by atoms with Gasteiger partial charge in [0.05, 0.1) is 11.0 Å². The summed E-state index contributed by atoms with van der Waals surface area (Å²) in [6, 6.07) is 3.59. The van der Waals surface area contributed by atoms with Crippen LogP contribution in [0.25, 0.3) is 11.0 Å². The molecule has 0 atom stereocenters. The van der Waals surface area contributed by atoms with Gasteiger partial charge >= 0.3 is 0 Å². The first kappa shape index (κ1) is 8.19. The summed E-state index contributed by atoms with van der Waals surface area (Å²) in [6.07, 6.45) is 0. The molecule has 0 aliphatic carbocycles. The van der Waals surface area contributed by atoms with Crippen molar-refractivity contribution in [1.29, 1.82) is 0 Å². The first-order chi connectivity index (χ1) is 6.20. The summed E-state index contributed by atoms with van der Waals surface area (Å²) in [5.41, 5.74) is 14.3. The predicted octanol–water partition coefficient (Wildman–Crippen LogP) is 1.47. The molecule has 1 aromatic carbocycles. The van der Waals surface area contributed by atoms with Crippen molar-refractivity contribution in [3.63, 3.8) is 0 Å². The van der Waals surface area contributed by atoms with E-state index < -0.39 is 0 Å². The van der Waals surface area contributed by atoms with Crippen LogP contribution in [-0.2, 0) is 5.88 Å². The standard InChI is InChI=1S/C8H9ClN4/c9-3-4-1-5(10)2-6-7(4)13-8(11)12-6/h1-2H,3,10H2,(H3,11,12,13). The van der Waals surface area contributed by atoms with Gasteiger partial charge in [0.2, 0.25) is 0 Å². The average Bonchev–Trinajstić information content (AvgIpc) is 2.43. The Morgan fingerprint density at radius 1 is 1.38 bits per heavy atom. The number of halogens is 1. The van der Waals surface area contributed by atoms with Gasteiger partial charge in [0.15, 0.2) is 5.95 Å². The summed E-state index contributed by atoms with van der Waals surface area (Å²) in [6.45, 7) is 0. The van der Waals surface area contributed by atoms with Gasteiger partial charge in [-0.1, -0.05) is 0 Å². The highest BCUT2D eigenvalue weighted by molar-refractivity contribution is 6.18. The van der Waals surface area contributed by atoms with Crippen LogP contribution in [-0.4, -0.2) is 9.97 Å². The summed E-state index contributed by atoms with van der Waals surface area (Å²) in [5, 5.41) is 0. The molecule has 0 saturated heterocycles. The first-order valence-electron chi connectivity index (χ1n) is 3.80. The number of aromatic amines is 1. The molecule has 0 unspecified atom stereocenters. The maximum absolute atomic E-state index is 5.74. The molecule has 4 nitrogen and oxygen atoms in total. The van der Waals surface area contributed by atoms with Crippen LogP contribution in [0.4, 0.5) is 11.6 Å². The van der Waals surface area contributed by atoms with Gasteiger partial charge in [-0.25, -0.2) is 4.98 Å². The van der Waals surface area contributed by atoms with Crippen molar-refractivity contribution in [1.82, 2.24) is 9.97 Å². The molecule has 2 aromatic rings. The summed E-state index contributed by atoms with van der Waals surface area (Å²) >= 11 is 5.74. The minimum absolute atomic E-state index is 0.381. The molecule has 0 aliphatic rings. The number of aromatic nitrogens is 2. The fraction of sp³-hybridized carbons (Fsp3) is 0.125. The van der Waals surface area contributed by atoms with E-state index in [2.05, 4.69) is 9.97 Å². The van der Waals surface area contributed by atoms with Gasteiger partial charge in [0, 0.05) is 11.6 Å². The van der Waals surface area contributed by atoms with Crippen molar-refractivity contribution < 1.29 is 0 Å². The largest absolute Gasteiger partial charge is 0.399 e. The Hall–Kier alpha value is -1.42. The van der Waals surface area contributed by atoms with E-state index in [0.717, 1.165) is 16.6 Å². The van der Waals surface area contributed by atoms with E-state index in [1.54, 1.807) is 12.1 Å². The van der Waals surface area contributed by atoms with E-state index in [-0.39, 0.29) is 0 Å². The number of rotatable bonds is 1. The first-order valence-corrected chi connectivity index (χ1v) is 4.33. The van der Waals surface area contributed by atoms with Gasteiger partial charge in [-0.2, -0.15) is 0 Å². The minimum atomic E-state index is 0.381. The average molecular weight is 197 g/mol. The van der Waals surface area contributed by atoms with Crippen molar-refractivity contribution in [2.45, 2.75) is 5.88 Å². The Kier molecular flexibility index (Phi) is 1.77. The topological polar surface area (TPSA) is 80.7 Å². The lowest BCUT2D eigenvalue weighted by Crippen LogP contribution is -1.88. The van der Waals surface area contributed by atoms with Crippen molar-refractivity contribution in [3.8, 4) is 0 Å². The van der Waals surface area contributed by atoms with Gasteiger partial charge in [0.1, 0.15) is 0 Å². The van der Waals surface area contributed by atoms with E-state index in [1.165, 1.54) is 0 Å². The lowest BCUT2D eigenvalue weighted by Gasteiger charge is -1.98. The third-order valence-corrected chi connectivity index (χ3v) is 2.14. The quantitative estimate of drug-likeness (QED) is 0.477. The Bertz CT molecular complexity index is 449. The van der Waals surface area contributed by atoms with Gasteiger partial charge < -0.3 is 16.5 Å². The molecule has 1 aromatic heterocycles. The summed E-state index contributed by atoms with van der Waals surface area (Å²) in [5.74, 6) is 0.762. The normalized spacial score (nSPS) is 10.8. The molecule has 0 amide bonds. The molecule has 68 valence electrons. The number of H-pyrrole nitrogens is 1. The molecule has 0 fully saturated rings. The lowest BCUT2D eigenvalue weighted by atomic mass is 10.2. The molecule has 2 rings (SSSR count). The fourth-order valence-corrected chi connectivity index (χ4v) is 1.54. The minimum Gasteiger partial charge on any atom is -0.399 e. The van der Waals surface area contributed by atoms with Crippen LogP contribution in [0.2, 0.25) is 0 Å². The van der Waals surface area contributed by atoms with Crippen molar-refractivity contribution >= 4 is 34.3 Å². The molecule has 0 spiro atoms. The number of fused-ring (bicyclic) bond motifs is 1. The zero-order valence-electron chi connectivity index (χ0n) is 6.84. The number of alkyl halides is 1. The van der Waals surface area contributed by atoms with Crippen LogP contribution >= 0.6 is 11.6 Å². The number of nitrogens with two attached hydrogens (primary N) is 2. The SMILES string of the molecule is Nc1cc(CCl)c2nc(N)[nH]c2c1. The molecule has 0 saturated carbocycles. The molecule has 1 heterocycles. The number of nitrogens with one attached hydrogen (secondary N) is 1. The molecule has 13 heavy (non-hydrogen) atoms. The molecular formula is C8H9ClN4. The highest BCUT2D eigenvalue weighted by Gasteiger charge is 2.05. The number of hydrogen-bond acceptors (Lipinski definition) is 3.